The average Bonchev–Trinajstić information content (AvgIpc) is 2.95. The number of benzene rings is 2. The number of hydrogen-bond donors (Lipinski definition) is 2. The first kappa shape index (κ1) is 33.2. The standard InChI is InChI=1S/C28H25ClF3N5O7S/c1-27(2,25(39)35-45(41)42)16-37-24(38)13-22(36(26(37)40)15-17-3-5-18(29)6-4-17)34-19-7-9-20(10-8-19)43-23-12-11-21(14-33-23)44-28(30,31)32/h3-14,34H,15-16H2,1-2H3,(H,35,39)(H,41,42)/p-1. The fourth-order valence-electron chi connectivity index (χ4n) is 3.97. The van der Waals surface area contributed by atoms with E-state index >= 15 is 0 Å². The molecule has 17 heteroatoms. The van der Waals surface area contributed by atoms with Gasteiger partial charge in [-0.2, -0.15) is 0 Å². The highest BCUT2D eigenvalue weighted by Crippen LogP contribution is 2.27. The quantitative estimate of drug-likeness (QED) is 0.220. The molecule has 4 aromatic rings. The van der Waals surface area contributed by atoms with Gasteiger partial charge >= 0.3 is 12.1 Å². The normalized spacial score (nSPS) is 12.3. The van der Waals surface area contributed by atoms with Gasteiger partial charge in [0.1, 0.15) is 17.3 Å². The first-order valence-electron chi connectivity index (χ1n) is 12.9. The molecule has 0 aliphatic carbocycles. The van der Waals surface area contributed by atoms with Crippen molar-refractivity contribution in [3.05, 3.63) is 104 Å². The second-order valence-corrected chi connectivity index (χ2v) is 11.2. The lowest BCUT2D eigenvalue weighted by molar-refractivity contribution is -0.274. The molecule has 4 rings (SSSR count). The van der Waals surface area contributed by atoms with Crippen LogP contribution in [0.2, 0.25) is 5.02 Å². The van der Waals surface area contributed by atoms with Crippen molar-refractivity contribution in [2.75, 3.05) is 5.32 Å². The van der Waals surface area contributed by atoms with E-state index in [1.165, 1.54) is 36.6 Å². The fourth-order valence-corrected chi connectivity index (χ4v) is 4.52. The van der Waals surface area contributed by atoms with Gasteiger partial charge in [0.25, 0.3) is 5.56 Å². The van der Waals surface area contributed by atoms with E-state index in [0.717, 1.165) is 22.9 Å². The first-order chi connectivity index (χ1) is 21.1. The van der Waals surface area contributed by atoms with Crippen LogP contribution < -0.4 is 30.8 Å². The summed E-state index contributed by atoms with van der Waals surface area (Å²) in [7, 11) is 0. The number of nitrogens with zero attached hydrogens (tertiary/aromatic N) is 3. The van der Waals surface area contributed by atoms with E-state index in [-0.39, 0.29) is 24.0 Å². The number of ether oxygens (including phenoxy) is 2. The summed E-state index contributed by atoms with van der Waals surface area (Å²) < 4.78 is 72.2. The molecule has 0 spiro atoms. The predicted molar refractivity (Wildman–Crippen MR) is 157 cm³/mol. The molecule has 45 heavy (non-hydrogen) atoms. The number of carbonyl (C=O) groups excluding carboxylic acids is 1. The predicted octanol–water partition coefficient (Wildman–Crippen LogP) is 4.48. The number of nitrogens with one attached hydrogen (secondary N) is 2. The third-order valence-electron chi connectivity index (χ3n) is 6.17. The van der Waals surface area contributed by atoms with Crippen LogP contribution in [0.4, 0.5) is 24.7 Å². The van der Waals surface area contributed by atoms with Gasteiger partial charge in [0.15, 0.2) is 0 Å². The molecule has 2 heterocycles. The molecule has 1 unspecified atom stereocenters. The number of amides is 1. The van der Waals surface area contributed by atoms with E-state index in [9.17, 15) is 36.3 Å². The van der Waals surface area contributed by atoms with E-state index in [1.54, 1.807) is 41.1 Å². The fraction of sp³-hybridized carbons (Fsp3) is 0.214. The van der Waals surface area contributed by atoms with E-state index < -0.39 is 52.5 Å². The number of halogens is 4. The molecule has 0 saturated carbocycles. The molecule has 238 valence electrons. The highest BCUT2D eigenvalue weighted by molar-refractivity contribution is 7.77. The van der Waals surface area contributed by atoms with Crippen LogP contribution in [0.3, 0.4) is 0 Å². The largest absolute Gasteiger partial charge is 0.755 e. The summed E-state index contributed by atoms with van der Waals surface area (Å²) >= 11 is 3.11. The number of pyridine rings is 1. The van der Waals surface area contributed by atoms with Crippen LogP contribution in [0.5, 0.6) is 17.4 Å². The van der Waals surface area contributed by atoms with Crippen LogP contribution in [0.1, 0.15) is 19.4 Å². The molecule has 0 bridgehead atoms. The van der Waals surface area contributed by atoms with Gasteiger partial charge in [0.2, 0.25) is 11.8 Å². The Labute approximate surface area is 260 Å². The maximum absolute atomic E-state index is 13.7. The maximum Gasteiger partial charge on any atom is 0.573 e. The monoisotopic (exact) mass is 666 g/mol. The third kappa shape index (κ3) is 9.17. The highest BCUT2D eigenvalue weighted by atomic mass is 35.5. The van der Waals surface area contributed by atoms with Crippen molar-refractivity contribution in [2.24, 2.45) is 5.41 Å². The van der Waals surface area contributed by atoms with Crippen molar-refractivity contribution in [1.29, 1.82) is 0 Å². The van der Waals surface area contributed by atoms with Gasteiger partial charge in [-0.05, 0) is 61.9 Å². The van der Waals surface area contributed by atoms with E-state index in [1.807, 2.05) is 0 Å². The Balaban J connectivity index is 1.61. The van der Waals surface area contributed by atoms with Crippen LogP contribution in [0, 0.1) is 5.41 Å². The Morgan fingerprint density at radius 2 is 1.64 bits per heavy atom. The Hall–Kier alpha value is -4.67. The van der Waals surface area contributed by atoms with Crippen LogP contribution in [0.25, 0.3) is 0 Å². The zero-order valence-electron chi connectivity index (χ0n) is 23.5. The number of alkyl halides is 3. The van der Waals surface area contributed by atoms with Crippen molar-refractivity contribution >= 4 is 40.3 Å². The number of rotatable bonds is 11. The van der Waals surface area contributed by atoms with Crippen molar-refractivity contribution in [2.45, 2.75) is 33.3 Å². The van der Waals surface area contributed by atoms with Gasteiger partial charge in [-0.25, -0.2) is 9.78 Å². The van der Waals surface area contributed by atoms with E-state index in [0.29, 0.717) is 16.3 Å². The molecule has 1 atom stereocenters. The summed E-state index contributed by atoms with van der Waals surface area (Å²) in [4.78, 5) is 43.0. The first-order valence-corrected chi connectivity index (χ1v) is 14.3. The topological polar surface area (TPSA) is 157 Å². The maximum atomic E-state index is 13.7. The smallest absolute Gasteiger partial charge is 0.573 e. The zero-order chi connectivity index (χ0) is 32.9. The summed E-state index contributed by atoms with van der Waals surface area (Å²) in [5, 5.41) is 3.49. The van der Waals surface area contributed by atoms with Crippen molar-refractivity contribution < 1.29 is 36.2 Å². The molecule has 0 saturated heterocycles. The Bertz CT molecular complexity index is 1810. The highest BCUT2D eigenvalue weighted by Gasteiger charge is 2.31. The summed E-state index contributed by atoms with van der Waals surface area (Å²) in [6, 6.07) is 16.2. The lowest BCUT2D eigenvalue weighted by atomic mass is 9.92. The van der Waals surface area contributed by atoms with Gasteiger partial charge in [0.05, 0.1) is 18.2 Å². The average molecular weight is 667 g/mol. The molecule has 2 N–H and O–H groups in total. The zero-order valence-corrected chi connectivity index (χ0v) is 25.0. The Morgan fingerprint density at radius 1 is 1.00 bits per heavy atom. The second kappa shape index (κ2) is 13.5. The van der Waals surface area contributed by atoms with Gasteiger partial charge < -0.3 is 19.3 Å². The third-order valence-corrected chi connectivity index (χ3v) is 6.77. The molecule has 0 fully saturated rings. The lowest BCUT2D eigenvalue weighted by Gasteiger charge is -2.25. The van der Waals surface area contributed by atoms with Crippen LogP contribution in [-0.4, -0.2) is 35.1 Å². The Kier molecular flexibility index (Phi) is 10.00. The molecule has 2 aromatic carbocycles. The minimum Gasteiger partial charge on any atom is -0.755 e. The molecule has 0 radical (unpaired) electrons. The SMILES string of the molecule is CC(C)(Cn1c(=O)cc(Nc2ccc(Oc3ccc(OC(F)(F)F)cn3)cc2)n(Cc2ccc(Cl)cc2)c1=O)C(=O)NS(=O)[O-]. The van der Waals surface area contributed by atoms with E-state index in [4.69, 9.17) is 16.3 Å². The molecule has 0 aliphatic rings. The summed E-state index contributed by atoms with van der Waals surface area (Å²) in [5.74, 6) is -1.02. The molecule has 0 aliphatic heterocycles. The minimum atomic E-state index is -4.85. The van der Waals surface area contributed by atoms with Gasteiger partial charge in [-0.15, -0.1) is 13.2 Å². The summed E-state index contributed by atoms with van der Waals surface area (Å²) in [6.45, 7) is 2.36. The van der Waals surface area contributed by atoms with Crippen LogP contribution in [-0.2, 0) is 29.2 Å². The molecular formula is C28H24ClF3N5O7S-. The number of hydrogen-bond acceptors (Lipinski definition) is 9. The molecule has 2 aromatic heterocycles. The second-order valence-electron chi connectivity index (χ2n) is 10.1. The van der Waals surface area contributed by atoms with E-state index in [2.05, 4.69) is 15.0 Å². The van der Waals surface area contributed by atoms with Gasteiger partial charge in [-0.3, -0.25) is 27.7 Å². The molecular weight excluding hydrogens is 643 g/mol. The van der Waals surface area contributed by atoms with Gasteiger partial charge in [-0.1, -0.05) is 23.7 Å². The summed E-state index contributed by atoms with van der Waals surface area (Å²) in [5.41, 5.74) is -1.87. The lowest BCUT2D eigenvalue weighted by Crippen LogP contribution is -2.47. The van der Waals surface area contributed by atoms with Crippen LogP contribution in [0.15, 0.2) is 82.5 Å². The van der Waals surface area contributed by atoms with Crippen LogP contribution >= 0.6 is 11.6 Å². The summed E-state index contributed by atoms with van der Waals surface area (Å²) in [6.07, 6.45) is -3.99. The van der Waals surface area contributed by atoms with Crippen molar-refractivity contribution in [3.63, 3.8) is 0 Å². The van der Waals surface area contributed by atoms with Crippen molar-refractivity contribution in [1.82, 2.24) is 18.8 Å². The molecule has 1 amide bonds. The van der Waals surface area contributed by atoms with Crippen molar-refractivity contribution in [3.8, 4) is 17.4 Å². The minimum absolute atomic E-state index is 0.00324. The number of carbonyl (C=O) groups is 1. The Morgan fingerprint density at radius 3 is 2.22 bits per heavy atom. The number of aromatic nitrogens is 3. The van der Waals surface area contributed by atoms with Gasteiger partial charge in [0, 0.05) is 40.7 Å². The number of anilines is 2. The molecule has 12 nitrogen and oxygen atoms in total.